The second-order valence-electron chi connectivity index (χ2n) is 3.59. The highest BCUT2D eigenvalue weighted by Gasteiger charge is 2.11. The molecule has 0 spiro atoms. The van der Waals surface area contributed by atoms with Gasteiger partial charge in [-0.2, -0.15) is 0 Å². The minimum absolute atomic E-state index is 0.0691. The van der Waals surface area contributed by atoms with Gasteiger partial charge < -0.3 is 10.4 Å². The summed E-state index contributed by atoms with van der Waals surface area (Å²) in [6, 6.07) is 0. The third-order valence-corrected chi connectivity index (χ3v) is 3.70. The highest BCUT2D eigenvalue weighted by molar-refractivity contribution is 7.90. The van der Waals surface area contributed by atoms with Gasteiger partial charge in [0.1, 0.15) is 14.8 Å². The van der Waals surface area contributed by atoms with Crippen molar-refractivity contribution in [2.45, 2.75) is 13.0 Å². The van der Waals surface area contributed by atoms with E-state index in [9.17, 15) is 18.0 Å². The van der Waals surface area contributed by atoms with Gasteiger partial charge in [0, 0.05) is 18.1 Å². The number of carbonyl (C=O) groups excluding carboxylic acids is 1. The zero-order valence-corrected chi connectivity index (χ0v) is 11.2. The monoisotopic (exact) mass is 292 g/mol. The van der Waals surface area contributed by atoms with Crippen LogP contribution >= 0.6 is 11.3 Å². The smallest absolute Gasteiger partial charge is 0.355 e. The van der Waals surface area contributed by atoms with Crippen LogP contribution in [0.25, 0.3) is 0 Å². The molecule has 100 valence electrons. The van der Waals surface area contributed by atoms with Crippen molar-refractivity contribution in [1.29, 1.82) is 0 Å². The topological polar surface area (TPSA) is 113 Å². The zero-order valence-electron chi connectivity index (χ0n) is 9.54. The van der Waals surface area contributed by atoms with Gasteiger partial charge >= 0.3 is 5.97 Å². The first-order valence-corrected chi connectivity index (χ1v) is 7.84. The number of hydrogen-bond acceptors (Lipinski definition) is 6. The predicted molar refractivity (Wildman–Crippen MR) is 65.2 cm³/mol. The lowest BCUT2D eigenvalue weighted by molar-refractivity contribution is -0.120. The second-order valence-corrected chi connectivity index (χ2v) is 6.79. The maximum Gasteiger partial charge on any atom is 0.355 e. The fourth-order valence-corrected chi connectivity index (χ4v) is 2.29. The molecule has 0 radical (unpaired) electrons. The van der Waals surface area contributed by atoms with E-state index >= 15 is 0 Å². The number of nitrogens with zero attached hydrogens (tertiary/aromatic N) is 1. The van der Waals surface area contributed by atoms with Gasteiger partial charge in [0.25, 0.3) is 0 Å². The Morgan fingerprint density at radius 2 is 2.17 bits per heavy atom. The summed E-state index contributed by atoms with van der Waals surface area (Å²) in [7, 11) is -3.16. The van der Waals surface area contributed by atoms with Crippen LogP contribution in [0, 0.1) is 0 Å². The fourth-order valence-electron chi connectivity index (χ4n) is 1.03. The summed E-state index contributed by atoms with van der Waals surface area (Å²) < 4.78 is 21.7. The van der Waals surface area contributed by atoms with Crippen LogP contribution in [0.1, 0.15) is 21.9 Å². The molecule has 1 amide bonds. The number of hydrogen-bond donors (Lipinski definition) is 2. The number of carboxylic acids is 1. The normalized spacial score (nSPS) is 11.2. The average Bonchev–Trinajstić information content (AvgIpc) is 2.71. The molecule has 18 heavy (non-hydrogen) atoms. The average molecular weight is 292 g/mol. The number of nitrogens with one attached hydrogen (secondary N) is 1. The molecule has 7 nitrogen and oxygen atoms in total. The van der Waals surface area contributed by atoms with E-state index in [0.29, 0.717) is 5.01 Å². The van der Waals surface area contributed by atoms with Crippen LogP contribution in [-0.2, 0) is 21.2 Å². The number of amides is 1. The molecule has 9 heteroatoms. The number of sulfone groups is 1. The lowest BCUT2D eigenvalue weighted by atomic mass is 10.4. The van der Waals surface area contributed by atoms with Gasteiger partial charge in [-0.15, -0.1) is 11.3 Å². The van der Waals surface area contributed by atoms with Crippen molar-refractivity contribution in [3.63, 3.8) is 0 Å². The standard InChI is InChI=1S/C9H12N2O5S2/c1-18(15,16)3-2-7(12)10-4-8-11-6(5-17-8)9(13)14/h5H,2-4H2,1H3,(H,10,12)(H,13,14). The Morgan fingerprint density at radius 1 is 1.50 bits per heavy atom. The van der Waals surface area contributed by atoms with E-state index in [2.05, 4.69) is 10.3 Å². The van der Waals surface area contributed by atoms with Gasteiger partial charge in [0.15, 0.2) is 5.69 Å². The molecular formula is C9H12N2O5S2. The van der Waals surface area contributed by atoms with E-state index in [1.165, 1.54) is 5.38 Å². The van der Waals surface area contributed by atoms with Crippen LogP contribution in [-0.4, -0.2) is 42.4 Å². The molecule has 0 aliphatic rings. The summed E-state index contributed by atoms with van der Waals surface area (Å²) in [5, 5.41) is 12.9. The molecule has 0 saturated carbocycles. The quantitative estimate of drug-likeness (QED) is 0.756. The number of rotatable bonds is 6. The number of carbonyl (C=O) groups is 2. The first-order valence-electron chi connectivity index (χ1n) is 4.90. The molecule has 0 bridgehead atoms. The molecule has 0 unspecified atom stereocenters. The molecule has 0 atom stereocenters. The van der Waals surface area contributed by atoms with Crippen molar-refractivity contribution in [2.24, 2.45) is 0 Å². The Hall–Kier alpha value is -1.48. The maximum absolute atomic E-state index is 11.3. The summed E-state index contributed by atoms with van der Waals surface area (Å²) in [6.07, 6.45) is 0.941. The number of carboxylic acid groups (broad SMARTS) is 1. The van der Waals surface area contributed by atoms with Crippen molar-refractivity contribution in [3.05, 3.63) is 16.1 Å². The van der Waals surface area contributed by atoms with Gasteiger partial charge in [-0.25, -0.2) is 18.2 Å². The molecular weight excluding hydrogens is 280 g/mol. The zero-order chi connectivity index (χ0) is 13.8. The van der Waals surface area contributed by atoms with Crippen molar-refractivity contribution >= 4 is 33.1 Å². The number of aromatic nitrogens is 1. The number of thiazole rings is 1. The Morgan fingerprint density at radius 3 is 2.67 bits per heavy atom. The van der Waals surface area contributed by atoms with Gasteiger partial charge in [-0.1, -0.05) is 0 Å². The molecule has 1 heterocycles. The molecule has 1 aromatic heterocycles. The molecule has 0 saturated heterocycles. The predicted octanol–water partition coefficient (Wildman–Crippen LogP) is -0.108. The van der Waals surface area contributed by atoms with Gasteiger partial charge in [-0.3, -0.25) is 4.79 Å². The molecule has 0 fully saturated rings. The van der Waals surface area contributed by atoms with Crippen LogP contribution in [0.2, 0.25) is 0 Å². The summed E-state index contributed by atoms with van der Waals surface area (Å²) in [6.45, 7) is 0.0978. The first kappa shape index (κ1) is 14.6. The Kier molecular flexibility index (Phi) is 4.79. The minimum Gasteiger partial charge on any atom is -0.476 e. The van der Waals surface area contributed by atoms with E-state index in [1.807, 2.05) is 0 Å². The van der Waals surface area contributed by atoms with Crippen molar-refractivity contribution < 1.29 is 23.1 Å². The lowest BCUT2D eigenvalue weighted by Gasteiger charge is -2.01. The van der Waals surface area contributed by atoms with E-state index in [4.69, 9.17) is 5.11 Å². The van der Waals surface area contributed by atoms with Crippen LogP contribution < -0.4 is 5.32 Å². The minimum atomic E-state index is -3.16. The molecule has 1 rings (SSSR count). The molecule has 0 aliphatic heterocycles. The Balaban J connectivity index is 2.40. The molecule has 0 aromatic carbocycles. The van der Waals surface area contributed by atoms with Crippen molar-refractivity contribution in [1.82, 2.24) is 10.3 Å². The van der Waals surface area contributed by atoms with E-state index in [-0.39, 0.29) is 24.4 Å². The fraction of sp³-hybridized carbons (Fsp3) is 0.444. The highest BCUT2D eigenvalue weighted by Crippen LogP contribution is 2.09. The summed E-state index contributed by atoms with van der Waals surface area (Å²) in [5.41, 5.74) is -0.0691. The third kappa shape index (κ3) is 5.23. The van der Waals surface area contributed by atoms with Crippen LogP contribution in [0.5, 0.6) is 0 Å². The van der Waals surface area contributed by atoms with Crippen LogP contribution in [0.4, 0.5) is 0 Å². The highest BCUT2D eigenvalue weighted by atomic mass is 32.2. The van der Waals surface area contributed by atoms with Gasteiger partial charge in [0.05, 0.1) is 12.3 Å². The van der Waals surface area contributed by atoms with Crippen LogP contribution in [0.3, 0.4) is 0 Å². The second kappa shape index (κ2) is 5.91. The van der Waals surface area contributed by atoms with Crippen molar-refractivity contribution in [2.75, 3.05) is 12.0 Å². The Labute approximate surface area is 108 Å². The van der Waals surface area contributed by atoms with Gasteiger partial charge in [-0.05, 0) is 0 Å². The summed E-state index contributed by atoms with van der Waals surface area (Å²) >= 11 is 1.12. The number of aromatic carboxylic acids is 1. The van der Waals surface area contributed by atoms with E-state index < -0.39 is 21.7 Å². The molecule has 0 aliphatic carbocycles. The van der Waals surface area contributed by atoms with Crippen LogP contribution in [0.15, 0.2) is 5.38 Å². The molecule has 1 aromatic rings. The lowest BCUT2D eigenvalue weighted by Crippen LogP contribution is -2.24. The maximum atomic E-state index is 11.3. The van der Waals surface area contributed by atoms with E-state index in [1.54, 1.807) is 0 Å². The summed E-state index contributed by atoms with van der Waals surface area (Å²) in [4.78, 5) is 25.6. The SMILES string of the molecule is CS(=O)(=O)CCC(=O)NCc1nc(C(=O)O)cs1. The summed E-state index contributed by atoms with van der Waals surface area (Å²) in [5.74, 6) is -1.75. The van der Waals surface area contributed by atoms with Gasteiger partial charge in [0.2, 0.25) is 5.91 Å². The molecule has 2 N–H and O–H groups in total. The Bertz CT molecular complexity index is 549. The van der Waals surface area contributed by atoms with Crippen molar-refractivity contribution in [3.8, 4) is 0 Å². The largest absolute Gasteiger partial charge is 0.476 e. The van der Waals surface area contributed by atoms with E-state index in [0.717, 1.165) is 17.6 Å². The third-order valence-electron chi connectivity index (χ3n) is 1.91. The first-order chi connectivity index (χ1) is 8.28.